The fourth-order valence-electron chi connectivity index (χ4n) is 2.47. The number of alkyl halides is 1. The lowest BCUT2D eigenvalue weighted by Crippen LogP contribution is -2.56. The SMILES string of the molecule is CCC(Cl)[Si](OC)(OC)OC.CCO[Si](OCC)(OCC)c1ccccc1. The molecule has 0 spiro atoms. The van der Waals surface area contributed by atoms with Crippen molar-refractivity contribution in [3.8, 4) is 0 Å². The van der Waals surface area contributed by atoms with Gasteiger partial charge in [0.15, 0.2) is 0 Å². The average molecular weight is 439 g/mol. The summed E-state index contributed by atoms with van der Waals surface area (Å²) in [5.74, 6) is 0. The maximum atomic E-state index is 5.98. The van der Waals surface area contributed by atoms with Gasteiger partial charge in [0.2, 0.25) is 0 Å². The summed E-state index contributed by atoms with van der Waals surface area (Å²) in [5, 5.41) is 0.864. The highest BCUT2D eigenvalue weighted by Gasteiger charge is 2.45. The minimum atomic E-state index is -2.67. The molecule has 0 aliphatic heterocycles. The topological polar surface area (TPSA) is 55.4 Å². The van der Waals surface area contributed by atoms with Crippen LogP contribution in [0.15, 0.2) is 30.3 Å². The van der Waals surface area contributed by atoms with E-state index in [1.165, 1.54) is 0 Å². The first-order chi connectivity index (χ1) is 13.0. The van der Waals surface area contributed by atoms with Crippen molar-refractivity contribution in [2.75, 3.05) is 41.2 Å². The summed E-state index contributed by atoms with van der Waals surface area (Å²) < 4.78 is 32.8. The van der Waals surface area contributed by atoms with E-state index in [1.54, 1.807) is 21.3 Å². The molecular formula is C18H35ClO6Si2. The van der Waals surface area contributed by atoms with Crippen LogP contribution in [0.2, 0.25) is 0 Å². The third-order valence-corrected chi connectivity index (χ3v) is 10.8. The molecule has 158 valence electrons. The summed E-state index contributed by atoms with van der Waals surface area (Å²) in [7, 11) is -0.548. The number of halogens is 1. The van der Waals surface area contributed by atoms with Gasteiger partial charge in [-0.1, -0.05) is 37.3 Å². The normalized spacial score (nSPS) is 13.0. The maximum absolute atomic E-state index is 5.98. The summed E-state index contributed by atoms with van der Waals surface area (Å²) in [5.41, 5.74) is 0. The second-order valence-electron chi connectivity index (χ2n) is 5.31. The highest BCUT2D eigenvalue weighted by molar-refractivity contribution is 6.75. The Morgan fingerprint density at radius 2 is 1.19 bits per heavy atom. The molecule has 9 heteroatoms. The van der Waals surface area contributed by atoms with E-state index in [2.05, 4.69) is 0 Å². The summed E-state index contributed by atoms with van der Waals surface area (Å²) in [6, 6.07) is 9.95. The second kappa shape index (κ2) is 14.7. The molecule has 27 heavy (non-hydrogen) atoms. The Labute approximate surface area is 171 Å². The van der Waals surface area contributed by atoms with E-state index in [4.69, 9.17) is 38.2 Å². The largest absolute Gasteiger partial charge is 0.537 e. The van der Waals surface area contributed by atoms with E-state index in [0.717, 1.165) is 11.6 Å². The second-order valence-corrected chi connectivity index (χ2v) is 11.9. The van der Waals surface area contributed by atoms with Crippen molar-refractivity contribution in [2.24, 2.45) is 0 Å². The molecule has 0 aromatic heterocycles. The standard InChI is InChI=1S/C12H20O3Si.C6H15ClO3Si/c1-4-13-16(14-5-2,15-6-3)12-10-8-7-9-11-12;1-5-6(7)11(8-2,9-3)10-4/h7-11H,4-6H2,1-3H3;6H,5H2,1-4H3. The number of benzene rings is 1. The maximum Gasteiger partial charge on any atom is 0.537 e. The van der Waals surface area contributed by atoms with Crippen molar-refractivity contribution in [2.45, 2.75) is 39.1 Å². The molecule has 6 nitrogen and oxygen atoms in total. The van der Waals surface area contributed by atoms with Gasteiger partial charge < -0.3 is 26.6 Å². The first kappa shape index (κ1) is 26.7. The lowest BCUT2D eigenvalue weighted by molar-refractivity contribution is 0.0859. The van der Waals surface area contributed by atoms with Gasteiger partial charge in [-0.15, -0.1) is 11.6 Å². The van der Waals surface area contributed by atoms with Gasteiger partial charge in [0.25, 0.3) is 0 Å². The van der Waals surface area contributed by atoms with Crippen LogP contribution in [0.5, 0.6) is 0 Å². The van der Waals surface area contributed by atoms with E-state index < -0.39 is 17.6 Å². The van der Waals surface area contributed by atoms with Crippen LogP contribution in [-0.4, -0.2) is 63.8 Å². The Bertz CT molecular complexity index is 451. The van der Waals surface area contributed by atoms with Crippen LogP contribution in [0.4, 0.5) is 0 Å². The van der Waals surface area contributed by atoms with E-state index >= 15 is 0 Å². The van der Waals surface area contributed by atoms with Crippen LogP contribution < -0.4 is 5.19 Å². The van der Waals surface area contributed by atoms with Gasteiger partial charge in [-0.25, -0.2) is 0 Å². The Balaban J connectivity index is 0.000000541. The molecule has 0 heterocycles. The fourth-order valence-corrected chi connectivity index (χ4v) is 7.53. The first-order valence-electron chi connectivity index (χ1n) is 9.22. The molecule has 1 atom stereocenters. The van der Waals surface area contributed by atoms with E-state index in [1.807, 2.05) is 58.0 Å². The lowest BCUT2D eigenvalue weighted by atomic mass is 10.4. The van der Waals surface area contributed by atoms with Crippen molar-refractivity contribution in [1.29, 1.82) is 0 Å². The van der Waals surface area contributed by atoms with Gasteiger partial charge in [0.1, 0.15) is 5.00 Å². The van der Waals surface area contributed by atoms with Gasteiger partial charge in [-0.2, -0.15) is 0 Å². The van der Waals surface area contributed by atoms with Gasteiger partial charge in [0, 0.05) is 46.3 Å². The number of hydrogen-bond acceptors (Lipinski definition) is 6. The molecule has 0 aliphatic rings. The van der Waals surface area contributed by atoms with Crippen LogP contribution in [0, 0.1) is 0 Å². The monoisotopic (exact) mass is 438 g/mol. The zero-order valence-corrected chi connectivity index (χ0v) is 20.4. The van der Waals surface area contributed by atoms with Crippen molar-refractivity contribution in [3.63, 3.8) is 0 Å². The van der Waals surface area contributed by atoms with Gasteiger partial charge in [0.05, 0.1) is 0 Å². The fraction of sp³-hybridized carbons (Fsp3) is 0.667. The van der Waals surface area contributed by atoms with E-state index in [0.29, 0.717) is 19.8 Å². The molecule has 0 saturated heterocycles. The Morgan fingerprint density at radius 1 is 0.778 bits per heavy atom. The highest BCUT2D eigenvalue weighted by atomic mass is 35.5. The van der Waals surface area contributed by atoms with Crippen LogP contribution in [0.25, 0.3) is 0 Å². The molecule has 0 radical (unpaired) electrons. The molecule has 0 amide bonds. The summed E-state index contributed by atoms with van der Waals surface area (Å²) in [4.78, 5) is 0. The van der Waals surface area contributed by atoms with Crippen LogP contribution >= 0.6 is 11.6 Å². The zero-order chi connectivity index (χ0) is 20.8. The smallest absolute Gasteiger partial charge is 0.376 e. The molecule has 1 aromatic rings. The molecular weight excluding hydrogens is 404 g/mol. The molecule has 0 bridgehead atoms. The highest BCUT2D eigenvalue weighted by Crippen LogP contribution is 2.19. The van der Waals surface area contributed by atoms with Crippen molar-refractivity contribution in [3.05, 3.63) is 30.3 Å². The molecule has 0 saturated carbocycles. The van der Waals surface area contributed by atoms with Crippen molar-refractivity contribution < 1.29 is 26.6 Å². The van der Waals surface area contributed by atoms with Crippen LogP contribution in [0.1, 0.15) is 34.1 Å². The molecule has 1 aromatic carbocycles. The Kier molecular flexibility index (Phi) is 14.5. The van der Waals surface area contributed by atoms with Gasteiger partial charge in [-0.3, -0.25) is 0 Å². The minimum Gasteiger partial charge on any atom is -0.376 e. The molecule has 1 unspecified atom stereocenters. The Morgan fingerprint density at radius 3 is 1.44 bits per heavy atom. The van der Waals surface area contributed by atoms with E-state index in [-0.39, 0.29) is 5.00 Å². The molecule has 1 rings (SSSR count). The summed E-state index contributed by atoms with van der Waals surface area (Å²) in [6.07, 6.45) is 0.781. The number of rotatable bonds is 12. The summed E-state index contributed by atoms with van der Waals surface area (Å²) >= 11 is 5.98. The van der Waals surface area contributed by atoms with Crippen molar-refractivity contribution in [1.82, 2.24) is 0 Å². The number of hydrogen-bond donors (Lipinski definition) is 0. The molecule has 0 N–H and O–H groups in total. The Hall–Kier alpha value is -0.296. The third kappa shape index (κ3) is 7.92. The zero-order valence-electron chi connectivity index (χ0n) is 17.6. The lowest BCUT2D eigenvalue weighted by Gasteiger charge is -2.28. The first-order valence-corrected chi connectivity index (χ1v) is 13.2. The third-order valence-electron chi connectivity index (χ3n) is 3.73. The van der Waals surface area contributed by atoms with Crippen LogP contribution in [0.3, 0.4) is 0 Å². The summed E-state index contributed by atoms with van der Waals surface area (Å²) in [6.45, 7) is 9.65. The van der Waals surface area contributed by atoms with Crippen LogP contribution in [-0.2, 0) is 26.6 Å². The van der Waals surface area contributed by atoms with Gasteiger partial charge in [-0.05, 0) is 27.2 Å². The van der Waals surface area contributed by atoms with E-state index in [9.17, 15) is 0 Å². The van der Waals surface area contributed by atoms with Gasteiger partial charge >= 0.3 is 17.6 Å². The predicted molar refractivity (Wildman–Crippen MR) is 113 cm³/mol. The molecule has 0 fully saturated rings. The average Bonchev–Trinajstić information content (AvgIpc) is 2.71. The minimum absolute atomic E-state index is 0.164. The van der Waals surface area contributed by atoms with Crippen molar-refractivity contribution >= 4 is 34.4 Å². The quantitative estimate of drug-likeness (QED) is 0.368. The molecule has 0 aliphatic carbocycles. The predicted octanol–water partition coefficient (Wildman–Crippen LogP) is 3.36.